The SMILES string of the molecule is CCn1ncc(Cl)c1CNC(=O)C(C)(C)n1cc(Br)cn1. The highest BCUT2D eigenvalue weighted by Crippen LogP contribution is 2.19. The van der Waals surface area contributed by atoms with Crippen LogP contribution in [0.15, 0.2) is 23.1 Å². The van der Waals surface area contributed by atoms with E-state index in [1.54, 1.807) is 41.8 Å². The zero-order valence-corrected chi connectivity index (χ0v) is 14.4. The molecular formula is C13H17BrClN5O. The molecule has 2 aromatic rings. The van der Waals surface area contributed by atoms with Gasteiger partial charge in [-0.05, 0) is 36.7 Å². The summed E-state index contributed by atoms with van der Waals surface area (Å²) in [5.41, 5.74) is 0.000192. The van der Waals surface area contributed by atoms with E-state index in [0.29, 0.717) is 18.1 Å². The summed E-state index contributed by atoms with van der Waals surface area (Å²) in [6.07, 6.45) is 5.00. The Morgan fingerprint density at radius 2 is 2.14 bits per heavy atom. The minimum Gasteiger partial charge on any atom is -0.348 e. The van der Waals surface area contributed by atoms with E-state index in [2.05, 4.69) is 31.4 Å². The van der Waals surface area contributed by atoms with Crippen molar-refractivity contribution in [2.75, 3.05) is 0 Å². The lowest BCUT2D eigenvalue weighted by Gasteiger charge is -2.24. The van der Waals surface area contributed by atoms with Crippen molar-refractivity contribution in [2.24, 2.45) is 0 Å². The Hall–Kier alpha value is -1.34. The number of amides is 1. The van der Waals surface area contributed by atoms with E-state index in [0.717, 1.165) is 10.2 Å². The molecule has 2 rings (SSSR count). The summed E-state index contributed by atoms with van der Waals surface area (Å²) < 4.78 is 4.21. The third kappa shape index (κ3) is 3.29. The second kappa shape index (κ2) is 6.19. The highest BCUT2D eigenvalue weighted by molar-refractivity contribution is 9.10. The Balaban J connectivity index is 2.09. The van der Waals surface area contributed by atoms with Gasteiger partial charge in [-0.15, -0.1) is 0 Å². The van der Waals surface area contributed by atoms with E-state index in [-0.39, 0.29) is 5.91 Å². The van der Waals surface area contributed by atoms with Crippen molar-refractivity contribution in [3.05, 3.63) is 33.8 Å². The van der Waals surface area contributed by atoms with Gasteiger partial charge in [0, 0.05) is 12.7 Å². The van der Waals surface area contributed by atoms with Crippen LogP contribution >= 0.6 is 27.5 Å². The molecule has 0 aromatic carbocycles. The van der Waals surface area contributed by atoms with Gasteiger partial charge in [0.25, 0.3) is 0 Å². The lowest BCUT2D eigenvalue weighted by molar-refractivity contribution is -0.129. The van der Waals surface area contributed by atoms with Crippen LogP contribution in [0, 0.1) is 0 Å². The van der Waals surface area contributed by atoms with Crippen LogP contribution in [0.1, 0.15) is 26.5 Å². The second-order valence-corrected chi connectivity index (χ2v) is 6.42. The molecule has 0 fully saturated rings. The number of aryl methyl sites for hydroxylation is 1. The van der Waals surface area contributed by atoms with Crippen LogP contribution < -0.4 is 5.32 Å². The molecule has 0 saturated carbocycles. The number of nitrogens with zero attached hydrogens (tertiary/aromatic N) is 4. The normalized spacial score (nSPS) is 11.7. The molecule has 0 spiro atoms. The van der Waals surface area contributed by atoms with Gasteiger partial charge in [0.15, 0.2) is 0 Å². The average molecular weight is 375 g/mol. The number of carbonyl (C=O) groups excluding carboxylic acids is 1. The summed E-state index contributed by atoms with van der Waals surface area (Å²) in [6, 6.07) is 0. The molecule has 2 heterocycles. The summed E-state index contributed by atoms with van der Waals surface area (Å²) in [7, 11) is 0. The van der Waals surface area contributed by atoms with Crippen molar-refractivity contribution in [3.8, 4) is 0 Å². The summed E-state index contributed by atoms with van der Waals surface area (Å²) in [6.45, 7) is 6.62. The van der Waals surface area contributed by atoms with Gasteiger partial charge in [-0.3, -0.25) is 14.2 Å². The van der Waals surface area contributed by atoms with Gasteiger partial charge in [-0.2, -0.15) is 10.2 Å². The molecule has 114 valence electrons. The fourth-order valence-corrected chi connectivity index (χ4v) is 2.42. The van der Waals surface area contributed by atoms with Crippen molar-refractivity contribution >= 4 is 33.4 Å². The van der Waals surface area contributed by atoms with E-state index in [4.69, 9.17) is 11.6 Å². The van der Waals surface area contributed by atoms with Gasteiger partial charge in [0.1, 0.15) is 5.54 Å². The highest BCUT2D eigenvalue weighted by atomic mass is 79.9. The van der Waals surface area contributed by atoms with Gasteiger partial charge >= 0.3 is 0 Å². The second-order valence-electron chi connectivity index (χ2n) is 5.10. The molecule has 0 saturated heterocycles. The number of rotatable bonds is 5. The molecule has 0 unspecified atom stereocenters. The Kier molecular flexibility index (Phi) is 4.73. The molecule has 6 nitrogen and oxygen atoms in total. The van der Waals surface area contributed by atoms with Crippen molar-refractivity contribution in [3.63, 3.8) is 0 Å². The molecule has 1 N–H and O–H groups in total. The Morgan fingerprint density at radius 3 is 2.71 bits per heavy atom. The average Bonchev–Trinajstić information content (AvgIpc) is 3.02. The molecular weight excluding hydrogens is 358 g/mol. The number of halogens is 2. The van der Waals surface area contributed by atoms with Crippen molar-refractivity contribution in [1.82, 2.24) is 24.9 Å². The highest BCUT2D eigenvalue weighted by Gasteiger charge is 2.30. The monoisotopic (exact) mass is 373 g/mol. The van der Waals surface area contributed by atoms with Crippen LogP contribution in [-0.4, -0.2) is 25.5 Å². The maximum absolute atomic E-state index is 12.4. The molecule has 0 atom stereocenters. The zero-order chi connectivity index (χ0) is 15.6. The van der Waals surface area contributed by atoms with Crippen LogP contribution in [0.2, 0.25) is 5.02 Å². The minimum atomic E-state index is -0.796. The van der Waals surface area contributed by atoms with E-state index < -0.39 is 5.54 Å². The molecule has 21 heavy (non-hydrogen) atoms. The maximum Gasteiger partial charge on any atom is 0.247 e. The molecule has 2 aromatic heterocycles. The van der Waals surface area contributed by atoms with Crippen molar-refractivity contribution in [1.29, 1.82) is 0 Å². The van der Waals surface area contributed by atoms with Gasteiger partial charge in [-0.25, -0.2) is 0 Å². The topological polar surface area (TPSA) is 64.7 Å². The first-order valence-corrected chi connectivity index (χ1v) is 7.72. The van der Waals surface area contributed by atoms with Gasteiger partial charge in [0.05, 0.1) is 34.1 Å². The molecule has 0 aliphatic rings. The van der Waals surface area contributed by atoms with Gasteiger partial charge < -0.3 is 5.32 Å². The van der Waals surface area contributed by atoms with Gasteiger partial charge in [-0.1, -0.05) is 11.6 Å². The van der Waals surface area contributed by atoms with E-state index in [9.17, 15) is 4.79 Å². The minimum absolute atomic E-state index is 0.141. The molecule has 0 radical (unpaired) electrons. The smallest absolute Gasteiger partial charge is 0.247 e. The molecule has 0 aliphatic heterocycles. The van der Waals surface area contributed by atoms with Crippen LogP contribution in [0.3, 0.4) is 0 Å². The summed E-state index contributed by atoms with van der Waals surface area (Å²) in [4.78, 5) is 12.4. The van der Waals surface area contributed by atoms with Gasteiger partial charge in [0.2, 0.25) is 5.91 Å². The Bertz CT molecular complexity index is 649. The first-order chi connectivity index (χ1) is 9.86. The van der Waals surface area contributed by atoms with Crippen molar-refractivity contribution < 1.29 is 4.79 Å². The van der Waals surface area contributed by atoms with Crippen LogP contribution in [-0.2, 0) is 23.4 Å². The molecule has 0 bridgehead atoms. The fraction of sp³-hybridized carbons (Fsp3) is 0.462. The predicted molar refractivity (Wildman–Crippen MR) is 84.0 cm³/mol. The predicted octanol–water partition coefficient (Wildman–Crippen LogP) is 2.57. The number of hydrogen-bond acceptors (Lipinski definition) is 3. The Labute approximate surface area is 136 Å². The lowest BCUT2D eigenvalue weighted by atomic mass is 10.1. The summed E-state index contributed by atoms with van der Waals surface area (Å²) in [5, 5.41) is 11.8. The number of nitrogens with one attached hydrogen (secondary N) is 1. The van der Waals surface area contributed by atoms with Crippen molar-refractivity contribution in [2.45, 2.75) is 39.4 Å². The number of carbonyl (C=O) groups is 1. The fourth-order valence-electron chi connectivity index (χ4n) is 1.93. The quantitative estimate of drug-likeness (QED) is 0.875. The molecule has 0 aliphatic carbocycles. The third-order valence-corrected chi connectivity index (χ3v) is 4.02. The zero-order valence-electron chi connectivity index (χ0n) is 12.1. The first-order valence-electron chi connectivity index (χ1n) is 6.55. The molecule has 1 amide bonds. The van der Waals surface area contributed by atoms with Crippen LogP contribution in [0.4, 0.5) is 0 Å². The van der Waals surface area contributed by atoms with Crippen LogP contribution in [0.25, 0.3) is 0 Å². The molecule has 8 heteroatoms. The summed E-state index contributed by atoms with van der Waals surface area (Å²) >= 11 is 9.41. The van der Waals surface area contributed by atoms with Crippen LogP contribution in [0.5, 0.6) is 0 Å². The first kappa shape index (κ1) is 16.0. The summed E-state index contributed by atoms with van der Waals surface area (Å²) in [5.74, 6) is -0.141. The largest absolute Gasteiger partial charge is 0.348 e. The standard InChI is InChI=1S/C13H17BrClN5O/c1-4-19-11(10(15)6-17-19)7-16-12(21)13(2,3)20-8-9(14)5-18-20/h5-6,8H,4,7H2,1-3H3,(H,16,21). The number of hydrogen-bond donors (Lipinski definition) is 1. The van der Waals surface area contributed by atoms with E-state index >= 15 is 0 Å². The number of aromatic nitrogens is 4. The maximum atomic E-state index is 12.4. The Morgan fingerprint density at radius 1 is 1.43 bits per heavy atom. The third-order valence-electron chi connectivity index (χ3n) is 3.29. The van der Waals surface area contributed by atoms with E-state index in [1.807, 2.05) is 6.92 Å². The lowest BCUT2D eigenvalue weighted by Crippen LogP contribution is -2.44. The van der Waals surface area contributed by atoms with E-state index in [1.165, 1.54) is 0 Å².